The molecule has 1 heterocycles. The number of amides is 1. The molecule has 0 saturated heterocycles. The van der Waals surface area contributed by atoms with Crippen LogP contribution in [-0.2, 0) is 16.4 Å². The summed E-state index contributed by atoms with van der Waals surface area (Å²) in [5, 5.41) is 2.81. The first kappa shape index (κ1) is 19.2. The van der Waals surface area contributed by atoms with Gasteiger partial charge in [0, 0.05) is 17.8 Å². The van der Waals surface area contributed by atoms with E-state index in [4.69, 9.17) is 0 Å². The number of anilines is 2. The maximum atomic E-state index is 13.2. The van der Waals surface area contributed by atoms with Crippen LogP contribution in [0.5, 0.6) is 0 Å². The SMILES string of the molecule is Cc1cccc(C(=O)Nc2ccc(S(=O)(=O)N3CCCc4ccccc43)cc2)c1. The number of fused-ring (bicyclic) bond motifs is 1. The molecule has 1 aliphatic rings. The van der Waals surface area contributed by atoms with Crippen LogP contribution in [0.2, 0.25) is 0 Å². The predicted octanol–water partition coefficient (Wildman–Crippen LogP) is 4.39. The first-order chi connectivity index (χ1) is 13.9. The van der Waals surface area contributed by atoms with Gasteiger partial charge in [-0.1, -0.05) is 35.9 Å². The fourth-order valence-corrected chi connectivity index (χ4v) is 5.12. The van der Waals surface area contributed by atoms with E-state index >= 15 is 0 Å². The van der Waals surface area contributed by atoms with E-state index < -0.39 is 10.0 Å². The zero-order chi connectivity index (χ0) is 20.4. The fraction of sp³-hybridized carbons (Fsp3) is 0.174. The monoisotopic (exact) mass is 406 g/mol. The lowest BCUT2D eigenvalue weighted by molar-refractivity contribution is 0.102. The third kappa shape index (κ3) is 3.89. The molecule has 1 aliphatic heterocycles. The van der Waals surface area contributed by atoms with Crippen molar-refractivity contribution in [3.8, 4) is 0 Å². The Bertz CT molecular complexity index is 1150. The minimum absolute atomic E-state index is 0.211. The van der Waals surface area contributed by atoms with Crippen LogP contribution in [0.4, 0.5) is 11.4 Å². The van der Waals surface area contributed by atoms with Crippen molar-refractivity contribution in [3.05, 3.63) is 89.5 Å². The summed E-state index contributed by atoms with van der Waals surface area (Å²) in [4.78, 5) is 12.6. The molecule has 0 bridgehead atoms. The summed E-state index contributed by atoms with van der Waals surface area (Å²) in [7, 11) is -3.66. The van der Waals surface area contributed by atoms with E-state index in [9.17, 15) is 13.2 Å². The second kappa shape index (κ2) is 7.72. The van der Waals surface area contributed by atoms with Crippen molar-refractivity contribution in [1.29, 1.82) is 0 Å². The molecule has 6 heteroatoms. The van der Waals surface area contributed by atoms with Gasteiger partial charge in [-0.25, -0.2) is 8.42 Å². The summed E-state index contributed by atoms with van der Waals surface area (Å²) in [6.07, 6.45) is 1.67. The average molecular weight is 407 g/mol. The third-order valence-electron chi connectivity index (χ3n) is 5.05. The molecule has 148 valence electrons. The van der Waals surface area contributed by atoms with Crippen LogP contribution in [0.25, 0.3) is 0 Å². The Morgan fingerprint density at radius 3 is 2.48 bits per heavy atom. The number of carbonyl (C=O) groups excluding carboxylic acids is 1. The van der Waals surface area contributed by atoms with Gasteiger partial charge in [0.25, 0.3) is 15.9 Å². The summed E-state index contributed by atoms with van der Waals surface area (Å²) in [5.41, 5.74) is 3.90. The van der Waals surface area contributed by atoms with E-state index in [1.165, 1.54) is 4.31 Å². The topological polar surface area (TPSA) is 66.5 Å². The number of nitrogens with zero attached hydrogens (tertiary/aromatic N) is 1. The number of aryl methyl sites for hydroxylation is 2. The van der Waals surface area contributed by atoms with Crippen molar-refractivity contribution < 1.29 is 13.2 Å². The highest BCUT2D eigenvalue weighted by atomic mass is 32.2. The molecular weight excluding hydrogens is 384 g/mol. The highest BCUT2D eigenvalue weighted by Gasteiger charge is 2.28. The van der Waals surface area contributed by atoms with Crippen LogP contribution in [0.3, 0.4) is 0 Å². The zero-order valence-corrected chi connectivity index (χ0v) is 16.9. The Labute approximate surface area is 171 Å². The highest BCUT2D eigenvalue weighted by molar-refractivity contribution is 7.92. The molecule has 4 rings (SSSR count). The first-order valence-corrected chi connectivity index (χ1v) is 11.0. The number of hydrogen-bond acceptors (Lipinski definition) is 3. The third-order valence-corrected chi connectivity index (χ3v) is 6.88. The molecular formula is C23H22N2O3S. The van der Waals surface area contributed by atoms with E-state index in [2.05, 4.69) is 5.32 Å². The number of nitrogens with one attached hydrogen (secondary N) is 1. The molecule has 0 radical (unpaired) electrons. The van der Waals surface area contributed by atoms with Crippen LogP contribution in [-0.4, -0.2) is 20.9 Å². The van der Waals surface area contributed by atoms with Gasteiger partial charge in [-0.05, 0) is 67.8 Å². The van der Waals surface area contributed by atoms with Gasteiger partial charge in [0.05, 0.1) is 10.6 Å². The van der Waals surface area contributed by atoms with Crippen LogP contribution < -0.4 is 9.62 Å². The quantitative estimate of drug-likeness (QED) is 0.699. The van der Waals surface area contributed by atoms with E-state index in [0.29, 0.717) is 17.8 Å². The lowest BCUT2D eigenvalue weighted by Crippen LogP contribution is -2.35. The van der Waals surface area contributed by atoms with Crippen molar-refractivity contribution in [1.82, 2.24) is 0 Å². The van der Waals surface area contributed by atoms with Gasteiger partial charge < -0.3 is 5.32 Å². The number of hydrogen-bond donors (Lipinski definition) is 1. The Kier molecular flexibility index (Phi) is 5.11. The molecule has 0 aliphatic carbocycles. The minimum atomic E-state index is -3.66. The second-order valence-corrected chi connectivity index (χ2v) is 9.02. The summed E-state index contributed by atoms with van der Waals surface area (Å²) < 4.78 is 27.8. The second-order valence-electron chi connectivity index (χ2n) is 7.16. The standard InChI is InChI=1S/C23H22N2O3S/c1-17-6-4-8-19(16-17)23(26)24-20-11-13-21(14-12-20)29(27,28)25-15-5-9-18-7-2-3-10-22(18)25/h2-4,6-8,10-14,16H,5,9,15H2,1H3,(H,24,26). The van der Waals surface area contributed by atoms with Crippen LogP contribution in [0, 0.1) is 6.92 Å². The summed E-state index contributed by atoms with van der Waals surface area (Å²) in [5.74, 6) is -0.228. The number of benzene rings is 3. The van der Waals surface area contributed by atoms with Crippen LogP contribution in [0.1, 0.15) is 27.9 Å². The Morgan fingerprint density at radius 1 is 0.966 bits per heavy atom. The summed E-state index contributed by atoms with van der Waals surface area (Å²) in [6, 6.07) is 21.2. The molecule has 1 amide bonds. The van der Waals surface area contributed by atoms with Crippen molar-refractivity contribution in [2.45, 2.75) is 24.7 Å². The van der Waals surface area contributed by atoms with Gasteiger partial charge in [0.15, 0.2) is 0 Å². The maximum absolute atomic E-state index is 13.2. The van der Waals surface area contributed by atoms with Crippen LogP contribution >= 0.6 is 0 Å². The van der Waals surface area contributed by atoms with Gasteiger partial charge >= 0.3 is 0 Å². The fourth-order valence-electron chi connectivity index (χ4n) is 3.58. The van der Waals surface area contributed by atoms with Crippen LogP contribution in [0.15, 0.2) is 77.7 Å². The molecule has 29 heavy (non-hydrogen) atoms. The Morgan fingerprint density at radius 2 is 1.72 bits per heavy atom. The maximum Gasteiger partial charge on any atom is 0.264 e. The van der Waals surface area contributed by atoms with Gasteiger partial charge in [-0.3, -0.25) is 9.10 Å². The Balaban J connectivity index is 1.56. The molecule has 3 aromatic rings. The lowest BCUT2D eigenvalue weighted by Gasteiger charge is -2.30. The number of carbonyl (C=O) groups is 1. The van der Waals surface area contributed by atoms with Crippen molar-refractivity contribution in [3.63, 3.8) is 0 Å². The molecule has 5 nitrogen and oxygen atoms in total. The number of para-hydroxylation sites is 1. The normalized spacial score (nSPS) is 13.6. The van der Waals surface area contributed by atoms with Gasteiger partial charge in [0.2, 0.25) is 0 Å². The van der Waals surface area contributed by atoms with Gasteiger partial charge in [-0.15, -0.1) is 0 Å². The highest BCUT2D eigenvalue weighted by Crippen LogP contribution is 2.32. The molecule has 0 spiro atoms. The molecule has 0 fully saturated rings. The summed E-state index contributed by atoms with van der Waals surface area (Å²) >= 11 is 0. The largest absolute Gasteiger partial charge is 0.322 e. The average Bonchev–Trinajstić information content (AvgIpc) is 2.73. The number of rotatable bonds is 4. The minimum Gasteiger partial charge on any atom is -0.322 e. The van der Waals surface area contributed by atoms with E-state index in [-0.39, 0.29) is 10.8 Å². The van der Waals surface area contributed by atoms with E-state index in [1.54, 1.807) is 30.3 Å². The van der Waals surface area contributed by atoms with Crippen molar-refractivity contribution >= 4 is 27.3 Å². The predicted molar refractivity (Wildman–Crippen MR) is 115 cm³/mol. The zero-order valence-electron chi connectivity index (χ0n) is 16.1. The van der Waals surface area contributed by atoms with Gasteiger partial charge in [0.1, 0.15) is 0 Å². The number of sulfonamides is 1. The lowest BCUT2D eigenvalue weighted by atomic mass is 10.0. The van der Waals surface area contributed by atoms with Gasteiger partial charge in [-0.2, -0.15) is 0 Å². The van der Waals surface area contributed by atoms with Crippen molar-refractivity contribution in [2.75, 3.05) is 16.2 Å². The van der Waals surface area contributed by atoms with E-state index in [1.807, 2.05) is 49.4 Å². The van der Waals surface area contributed by atoms with E-state index in [0.717, 1.165) is 29.7 Å². The molecule has 0 atom stereocenters. The molecule has 0 unspecified atom stereocenters. The molecule has 0 aromatic heterocycles. The smallest absolute Gasteiger partial charge is 0.264 e. The molecule has 1 N–H and O–H groups in total. The Hall–Kier alpha value is -3.12. The first-order valence-electron chi connectivity index (χ1n) is 9.54. The van der Waals surface area contributed by atoms with Crippen molar-refractivity contribution in [2.24, 2.45) is 0 Å². The molecule has 3 aromatic carbocycles. The summed E-state index contributed by atoms with van der Waals surface area (Å²) in [6.45, 7) is 2.39. The molecule has 0 saturated carbocycles.